The maximum absolute atomic E-state index is 12.9. The largest absolute Gasteiger partial charge is 0.315 e. The molecule has 0 aliphatic carbocycles. The van der Waals surface area contributed by atoms with E-state index in [1.165, 1.54) is 22.7 Å². The molecule has 2 aromatic rings. The molecule has 0 fully saturated rings. The summed E-state index contributed by atoms with van der Waals surface area (Å²) in [5.74, 6) is 0.239. The molecule has 0 aliphatic heterocycles. The monoisotopic (exact) mass is 278 g/mol. The highest BCUT2D eigenvalue weighted by atomic mass is 32.1. The molecule has 0 saturated heterocycles. The van der Waals surface area contributed by atoms with Gasteiger partial charge in [0, 0.05) is 17.8 Å². The van der Waals surface area contributed by atoms with Crippen molar-refractivity contribution in [1.82, 2.24) is 10.3 Å². The van der Waals surface area contributed by atoms with E-state index in [1.807, 2.05) is 19.2 Å². The molecule has 1 N–H and O–H groups in total. The van der Waals surface area contributed by atoms with E-state index in [2.05, 4.69) is 19.2 Å². The molecule has 0 aliphatic rings. The van der Waals surface area contributed by atoms with Crippen LogP contribution in [0.15, 0.2) is 24.3 Å². The van der Waals surface area contributed by atoms with Gasteiger partial charge in [0.2, 0.25) is 0 Å². The number of hydrogen-bond donors (Lipinski definition) is 1. The SMILES string of the molecule is CNCc1sc(Cc2ccc(F)cc2)nc1C(C)C. The highest BCUT2D eigenvalue weighted by molar-refractivity contribution is 7.11. The lowest BCUT2D eigenvalue weighted by atomic mass is 10.1. The Balaban J connectivity index is 2.20. The molecule has 102 valence electrons. The topological polar surface area (TPSA) is 24.9 Å². The van der Waals surface area contributed by atoms with Crippen molar-refractivity contribution in [3.63, 3.8) is 0 Å². The Hall–Kier alpha value is -1.26. The number of hydrogen-bond acceptors (Lipinski definition) is 3. The van der Waals surface area contributed by atoms with Crippen molar-refractivity contribution in [3.8, 4) is 0 Å². The van der Waals surface area contributed by atoms with Crippen molar-refractivity contribution in [2.45, 2.75) is 32.7 Å². The van der Waals surface area contributed by atoms with Crippen molar-refractivity contribution < 1.29 is 4.39 Å². The van der Waals surface area contributed by atoms with Crippen LogP contribution in [0.2, 0.25) is 0 Å². The number of rotatable bonds is 5. The molecule has 0 atom stereocenters. The summed E-state index contributed by atoms with van der Waals surface area (Å²) in [6.45, 7) is 5.18. The van der Waals surface area contributed by atoms with Gasteiger partial charge >= 0.3 is 0 Å². The number of aromatic nitrogens is 1. The summed E-state index contributed by atoms with van der Waals surface area (Å²) in [6.07, 6.45) is 0.772. The van der Waals surface area contributed by atoms with Crippen LogP contribution in [0.25, 0.3) is 0 Å². The van der Waals surface area contributed by atoms with E-state index in [9.17, 15) is 4.39 Å². The molecule has 1 aromatic heterocycles. The Labute approximate surface area is 117 Å². The van der Waals surface area contributed by atoms with E-state index < -0.39 is 0 Å². The molecule has 0 unspecified atom stereocenters. The molecule has 19 heavy (non-hydrogen) atoms. The molecule has 0 bridgehead atoms. The number of nitrogens with one attached hydrogen (secondary N) is 1. The van der Waals surface area contributed by atoms with Gasteiger partial charge in [0.15, 0.2) is 0 Å². The lowest BCUT2D eigenvalue weighted by molar-refractivity contribution is 0.627. The summed E-state index contributed by atoms with van der Waals surface area (Å²) in [7, 11) is 1.95. The molecule has 2 rings (SSSR count). The van der Waals surface area contributed by atoms with E-state index in [1.54, 1.807) is 11.3 Å². The van der Waals surface area contributed by atoms with Crippen LogP contribution < -0.4 is 5.32 Å². The first-order valence-corrected chi connectivity index (χ1v) is 7.29. The summed E-state index contributed by atoms with van der Waals surface area (Å²) < 4.78 is 12.9. The molecule has 1 aromatic carbocycles. The highest BCUT2D eigenvalue weighted by Gasteiger charge is 2.13. The molecule has 1 heterocycles. The Bertz CT molecular complexity index is 532. The smallest absolute Gasteiger partial charge is 0.123 e. The van der Waals surface area contributed by atoms with Crippen LogP contribution in [0.5, 0.6) is 0 Å². The predicted octanol–water partition coefficient (Wildman–Crippen LogP) is 3.72. The van der Waals surface area contributed by atoms with Crippen LogP contribution in [-0.4, -0.2) is 12.0 Å². The van der Waals surface area contributed by atoms with Crippen LogP contribution in [0, 0.1) is 5.82 Å². The zero-order valence-electron chi connectivity index (χ0n) is 11.5. The number of halogens is 1. The third-order valence-corrected chi connectivity index (χ3v) is 4.00. The predicted molar refractivity (Wildman–Crippen MR) is 78.2 cm³/mol. The average Bonchev–Trinajstić information content (AvgIpc) is 2.76. The standard InChI is InChI=1S/C15H19FN2S/c1-10(2)15-13(9-17-3)19-14(18-15)8-11-4-6-12(16)7-5-11/h4-7,10,17H,8-9H2,1-3H3. The van der Waals surface area contributed by atoms with Gasteiger partial charge in [-0.05, 0) is 30.7 Å². The molecule has 4 heteroatoms. The van der Waals surface area contributed by atoms with Crippen molar-refractivity contribution in [3.05, 3.63) is 51.2 Å². The van der Waals surface area contributed by atoms with Crippen LogP contribution in [0.4, 0.5) is 4.39 Å². The minimum absolute atomic E-state index is 0.193. The van der Waals surface area contributed by atoms with Crippen LogP contribution >= 0.6 is 11.3 Å². The zero-order valence-corrected chi connectivity index (χ0v) is 12.4. The third-order valence-electron chi connectivity index (χ3n) is 2.92. The minimum atomic E-state index is -0.193. The Morgan fingerprint density at radius 3 is 2.53 bits per heavy atom. The van der Waals surface area contributed by atoms with Crippen LogP contribution in [0.3, 0.4) is 0 Å². The van der Waals surface area contributed by atoms with E-state index in [4.69, 9.17) is 4.98 Å². The minimum Gasteiger partial charge on any atom is -0.315 e. The van der Waals surface area contributed by atoms with Gasteiger partial charge in [0.05, 0.1) is 10.7 Å². The molecule has 0 amide bonds. The van der Waals surface area contributed by atoms with Gasteiger partial charge in [0.1, 0.15) is 5.82 Å². The molecular weight excluding hydrogens is 259 g/mol. The van der Waals surface area contributed by atoms with Crippen molar-refractivity contribution in [2.75, 3.05) is 7.05 Å². The van der Waals surface area contributed by atoms with E-state index in [0.29, 0.717) is 5.92 Å². The molecule has 0 spiro atoms. The van der Waals surface area contributed by atoms with Gasteiger partial charge in [-0.25, -0.2) is 9.37 Å². The second-order valence-electron chi connectivity index (χ2n) is 4.90. The van der Waals surface area contributed by atoms with Crippen molar-refractivity contribution in [2.24, 2.45) is 0 Å². The van der Waals surface area contributed by atoms with Gasteiger partial charge in [-0.15, -0.1) is 11.3 Å². The lowest BCUT2D eigenvalue weighted by Crippen LogP contribution is -2.06. The van der Waals surface area contributed by atoms with Crippen LogP contribution in [0.1, 0.15) is 40.9 Å². The molecule has 2 nitrogen and oxygen atoms in total. The summed E-state index contributed by atoms with van der Waals surface area (Å²) in [5.41, 5.74) is 2.28. The average molecular weight is 278 g/mol. The Kier molecular flexibility index (Phi) is 4.66. The Morgan fingerprint density at radius 1 is 1.26 bits per heavy atom. The first-order valence-electron chi connectivity index (χ1n) is 6.47. The van der Waals surface area contributed by atoms with Gasteiger partial charge in [0.25, 0.3) is 0 Å². The number of benzene rings is 1. The summed E-state index contributed by atoms with van der Waals surface area (Å²) in [4.78, 5) is 6.03. The highest BCUT2D eigenvalue weighted by Crippen LogP contribution is 2.26. The maximum Gasteiger partial charge on any atom is 0.123 e. The number of thiazole rings is 1. The fourth-order valence-electron chi connectivity index (χ4n) is 2.00. The zero-order chi connectivity index (χ0) is 13.8. The van der Waals surface area contributed by atoms with Gasteiger partial charge < -0.3 is 5.32 Å². The first kappa shape index (κ1) is 14.2. The molecule has 0 radical (unpaired) electrons. The first-order chi connectivity index (χ1) is 9.10. The molecular formula is C15H19FN2S. The summed E-state index contributed by atoms with van der Waals surface area (Å²) in [6, 6.07) is 6.65. The third kappa shape index (κ3) is 3.61. The Morgan fingerprint density at radius 2 is 1.95 bits per heavy atom. The maximum atomic E-state index is 12.9. The quantitative estimate of drug-likeness (QED) is 0.901. The van der Waals surface area contributed by atoms with E-state index in [0.717, 1.165) is 23.5 Å². The van der Waals surface area contributed by atoms with Gasteiger partial charge in [-0.2, -0.15) is 0 Å². The normalized spacial score (nSPS) is 11.2. The van der Waals surface area contributed by atoms with Crippen molar-refractivity contribution in [1.29, 1.82) is 0 Å². The summed E-state index contributed by atoms with van der Waals surface area (Å²) >= 11 is 1.74. The van der Waals surface area contributed by atoms with Gasteiger partial charge in [-0.3, -0.25) is 0 Å². The van der Waals surface area contributed by atoms with Crippen LogP contribution in [-0.2, 0) is 13.0 Å². The summed E-state index contributed by atoms with van der Waals surface area (Å²) in [5, 5.41) is 4.28. The molecule has 0 saturated carbocycles. The second kappa shape index (κ2) is 6.26. The van der Waals surface area contributed by atoms with Gasteiger partial charge in [-0.1, -0.05) is 26.0 Å². The second-order valence-corrected chi connectivity index (χ2v) is 6.07. The van der Waals surface area contributed by atoms with E-state index >= 15 is 0 Å². The van der Waals surface area contributed by atoms with E-state index in [-0.39, 0.29) is 5.82 Å². The number of nitrogens with zero attached hydrogens (tertiary/aromatic N) is 1. The van der Waals surface area contributed by atoms with Crippen molar-refractivity contribution >= 4 is 11.3 Å². The lowest BCUT2D eigenvalue weighted by Gasteiger charge is -2.03. The fourth-order valence-corrected chi connectivity index (χ4v) is 3.27. The fraction of sp³-hybridized carbons (Fsp3) is 0.400.